The first-order chi connectivity index (χ1) is 12.1. The minimum absolute atomic E-state index is 0.0207. The van der Waals surface area contributed by atoms with Crippen molar-refractivity contribution in [2.45, 2.75) is 6.54 Å². The molecule has 0 saturated heterocycles. The molecule has 3 nitrogen and oxygen atoms in total. The maximum atomic E-state index is 12.4. The van der Waals surface area contributed by atoms with Gasteiger partial charge in [0.25, 0.3) is 5.91 Å². The van der Waals surface area contributed by atoms with E-state index in [1.54, 1.807) is 23.3 Å². The Morgan fingerprint density at radius 1 is 1.04 bits per heavy atom. The van der Waals surface area contributed by atoms with Crippen molar-refractivity contribution in [3.8, 4) is 16.9 Å². The molecule has 0 bridgehead atoms. The van der Waals surface area contributed by atoms with Crippen LogP contribution < -0.4 is 4.74 Å². The Hall–Kier alpha value is -2.11. The van der Waals surface area contributed by atoms with Crippen LogP contribution in [0.2, 0.25) is 0 Å². The van der Waals surface area contributed by atoms with Gasteiger partial charge in [0.05, 0.1) is 10.3 Å². The number of carbonyl (C=O) groups excluding carboxylic acids is 1. The Bertz CT molecular complexity index is 848. The molecule has 0 spiro atoms. The fourth-order valence-electron chi connectivity index (χ4n) is 2.46. The maximum Gasteiger partial charge on any atom is 0.260 e. The minimum Gasteiger partial charge on any atom is -0.483 e. The van der Waals surface area contributed by atoms with E-state index < -0.39 is 0 Å². The second-order valence-electron chi connectivity index (χ2n) is 5.61. The summed E-state index contributed by atoms with van der Waals surface area (Å²) in [6, 6.07) is 21.8. The highest BCUT2D eigenvalue weighted by Crippen LogP contribution is 2.29. The molecule has 0 N–H and O–H groups in total. The van der Waals surface area contributed by atoms with Crippen LogP contribution in [0.1, 0.15) is 4.88 Å². The Morgan fingerprint density at radius 2 is 1.76 bits per heavy atom. The number of nitrogens with zero attached hydrogens (tertiary/aromatic N) is 1. The minimum atomic E-state index is -0.0487. The molecular formula is C20H18BrNO2S. The predicted molar refractivity (Wildman–Crippen MR) is 106 cm³/mol. The number of likely N-dealkylation sites (N-methyl/N-ethyl adjacent to an activating group) is 1. The van der Waals surface area contributed by atoms with Crippen LogP contribution >= 0.6 is 27.3 Å². The molecule has 0 saturated carbocycles. The summed E-state index contributed by atoms with van der Waals surface area (Å²) in [5, 5.41) is 0. The summed E-state index contributed by atoms with van der Waals surface area (Å²) >= 11 is 5.07. The van der Waals surface area contributed by atoms with E-state index in [1.807, 2.05) is 66.7 Å². The highest BCUT2D eigenvalue weighted by Gasteiger charge is 2.13. The Morgan fingerprint density at radius 3 is 2.48 bits per heavy atom. The van der Waals surface area contributed by atoms with Crippen molar-refractivity contribution in [1.82, 2.24) is 4.90 Å². The lowest BCUT2D eigenvalue weighted by atomic mass is 10.1. The number of amides is 1. The van der Waals surface area contributed by atoms with E-state index in [2.05, 4.69) is 15.9 Å². The number of ether oxygens (including phenoxy) is 1. The molecule has 128 valence electrons. The van der Waals surface area contributed by atoms with Gasteiger partial charge in [-0.3, -0.25) is 4.79 Å². The first kappa shape index (κ1) is 17.7. The van der Waals surface area contributed by atoms with E-state index in [0.29, 0.717) is 12.3 Å². The number of hydrogen-bond acceptors (Lipinski definition) is 3. The molecule has 25 heavy (non-hydrogen) atoms. The SMILES string of the molecule is CN(Cc1ccc(Br)s1)C(=O)COc1ccccc1-c1ccccc1. The molecule has 0 aliphatic carbocycles. The number of carbonyl (C=O) groups is 1. The van der Waals surface area contributed by atoms with Crippen LogP contribution in [0.4, 0.5) is 0 Å². The van der Waals surface area contributed by atoms with Crippen molar-refractivity contribution in [3.63, 3.8) is 0 Å². The molecule has 0 aliphatic heterocycles. The lowest BCUT2D eigenvalue weighted by Crippen LogP contribution is -2.30. The lowest BCUT2D eigenvalue weighted by molar-refractivity contribution is -0.132. The fraction of sp³-hybridized carbons (Fsp3) is 0.150. The van der Waals surface area contributed by atoms with Gasteiger partial charge in [0.1, 0.15) is 5.75 Å². The van der Waals surface area contributed by atoms with Gasteiger partial charge in [0, 0.05) is 17.5 Å². The average Bonchev–Trinajstić information content (AvgIpc) is 3.05. The van der Waals surface area contributed by atoms with Crippen molar-refractivity contribution in [3.05, 3.63) is 75.4 Å². The van der Waals surface area contributed by atoms with Crippen LogP contribution in [-0.4, -0.2) is 24.5 Å². The number of benzene rings is 2. The standard InChI is InChI=1S/C20H18BrNO2S/c1-22(13-16-11-12-19(21)25-16)20(23)14-24-18-10-6-5-9-17(18)15-7-3-2-4-8-15/h2-12H,13-14H2,1H3. The quantitative estimate of drug-likeness (QED) is 0.552. The topological polar surface area (TPSA) is 29.5 Å². The molecule has 3 rings (SSSR count). The summed E-state index contributed by atoms with van der Waals surface area (Å²) in [5.74, 6) is 0.668. The zero-order valence-electron chi connectivity index (χ0n) is 13.8. The Labute approximate surface area is 160 Å². The van der Waals surface area contributed by atoms with Crippen LogP contribution in [0.25, 0.3) is 11.1 Å². The van der Waals surface area contributed by atoms with Crippen molar-refractivity contribution >= 4 is 33.2 Å². The molecule has 1 amide bonds. The summed E-state index contributed by atoms with van der Waals surface area (Å²) < 4.78 is 6.89. The highest BCUT2D eigenvalue weighted by molar-refractivity contribution is 9.11. The van der Waals surface area contributed by atoms with Crippen LogP contribution in [0.5, 0.6) is 5.75 Å². The zero-order chi connectivity index (χ0) is 17.6. The van der Waals surface area contributed by atoms with Crippen molar-refractivity contribution < 1.29 is 9.53 Å². The summed E-state index contributed by atoms with van der Waals surface area (Å²) in [7, 11) is 1.79. The third-order valence-corrected chi connectivity index (χ3v) is 5.38. The van der Waals surface area contributed by atoms with Crippen LogP contribution in [0, 0.1) is 0 Å². The van der Waals surface area contributed by atoms with Gasteiger partial charge in [0.15, 0.2) is 6.61 Å². The first-order valence-electron chi connectivity index (χ1n) is 7.89. The zero-order valence-corrected chi connectivity index (χ0v) is 16.2. The summed E-state index contributed by atoms with van der Waals surface area (Å²) in [6.07, 6.45) is 0. The summed E-state index contributed by atoms with van der Waals surface area (Å²) in [5.41, 5.74) is 2.06. The Kier molecular flexibility index (Phi) is 5.89. The van der Waals surface area contributed by atoms with Gasteiger partial charge in [-0.15, -0.1) is 11.3 Å². The molecule has 5 heteroatoms. The first-order valence-corrected chi connectivity index (χ1v) is 9.50. The molecule has 0 atom stereocenters. The predicted octanol–water partition coefficient (Wildman–Crippen LogP) is 5.22. The van der Waals surface area contributed by atoms with E-state index in [9.17, 15) is 4.79 Å². The maximum absolute atomic E-state index is 12.4. The van der Waals surface area contributed by atoms with Crippen LogP contribution in [0.3, 0.4) is 0 Å². The lowest BCUT2D eigenvalue weighted by Gasteiger charge is -2.17. The normalized spacial score (nSPS) is 10.5. The van der Waals surface area contributed by atoms with Crippen molar-refractivity contribution in [1.29, 1.82) is 0 Å². The van der Waals surface area contributed by atoms with Gasteiger partial charge in [-0.1, -0.05) is 48.5 Å². The second-order valence-corrected chi connectivity index (χ2v) is 8.15. The molecule has 0 radical (unpaired) electrons. The van der Waals surface area contributed by atoms with E-state index >= 15 is 0 Å². The largest absolute Gasteiger partial charge is 0.483 e. The van der Waals surface area contributed by atoms with Crippen LogP contribution in [0.15, 0.2) is 70.5 Å². The van der Waals surface area contributed by atoms with Gasteiger partial charge in [-0.2, -0.15) is 0 Å². The molecule has 3 aromatic rings. The number of hydrogen-bond donors (Lipinski definition) is 0. The van der Waals surface area contributed by atoms with Gasteiger partial charge in [-0.05, 0) is 39.7 Å². The molecule has 1 heterocycles. The number of halogens is 1. The molecular weight excluding hydrogens is 398 g/mol. The van der Waals surface area contributed by atoms with Gasteiger partial charge < -0.3 is 9.64 Å². The molecule has 0 aliphatic rings. The molecule has 0 unspecified atom stereocenters. The van der Waals surface area contributed by atoms with Gasteiger partial charge >= 0.3 is 0 Å². The number of para-hydroxylation sites is 1. The van der Waals surface area contributed by atoms with E-state index in [-0.39, 0.29) is 12.5 Å². The third-order valence-electron chi connectivity index (χ3n) is 3.77. The highest BCUT2D eigenvalue weighted by atomic mass is 79.9. The average molecular weight is 416 g/mol. The monoisotopic (exact) mass is 415 g/mol. The van der Waals surface area contributed by atoms with E-state index in [0.717, 1.165) is 19.8 Å². The smallest absolute Gasteiger partial charge is 0.260 e. The fourth-order valence-corrected chi connectivity index (χ4v) is 3.99. The third kappa shape index (κ3) is 4.71. The molecule has 2 aromatic carbocycles. The van der Waals surface area contributed by atoms with E-state index in [4.69, 9.17) is 4.74 Å². The number of rotatable bonds is 6. The Balaban J connectivity index is 1.64. The summed E-state index contributed by atoms with van der Waals surface area (Å²) in [6.45, 7) is 0.603. The van der Waals surface area contributed by atoms with E-state index in [1.165, 1.54) is 0 Å². The van der Waals surface area contributed by atoms with Gasteiger partial charge in [0.2, 0.25) is 0 Å². The van der Waals surface area contributed by atoms with Crippen molar-refractivity contribution in [2.24, 2.45) is 0 Å². The van der Waals surface area contributed by atoms with Gasteiger partial charge in [-0.25, -0.2) is 0 Å². The number of thiophene rings is 1. The van der Waals surface area contributed by atoms with Crippen molar-refractivity contribution in [2.75, 3.05) is 13.7 Å². The van der Waals surface area contributed by atoms with Crippen LogP contribution in [-0.2, 0) is 11.3 Å². The summed E-state index contributed by atoms with van der Waals surface area (Å²) in [4.78, 5) is 15.2. The molecule has 1 aromatic heterocycles. The second kappa shape index (κ2) is 8.32. The molecule has 0 fully saturated rings.